The van der Waals surface area contributed by atoms with Crippen molar-refractivity contribution < 1.29 is 13.2 Å². The number of anilines is 2. The summed E-state index contributed by atoms with van der Waals surface area (Å²) in [5.41, 5.74) is 4.19. The molecule has 1 aliphatic heterocycles. The third-order valence-electron chi connectivity index (χ3n) is 6.78. The fourth-order valence-corrected chi connectivity index (χ4v) is 5.64. The molecule has 1 N–H and O–H groups in total. The molecule has 0 spiro atoms. The van der Waals surface area contributed by atoms with Crippen molar-refractivity contribution in [2.24, 2.45) is 11.8 Å². The minimum absolute atomic E-state index is 0.181. The summed E-state index contributed by atoms with van der Waals surface area (Å²) in [6, 6.07) is 7.27. The van der Waals surface area contributed by atoms with Crippen LogP contribution in [0.4, 0.5) is 11.5 Å². The van der Waals surface area contributed by atoms with Gasteiger partial charge in [0.05, 0.1) is 40.6 Å². The van der Waals surface area contributed by atoms with Gasteiger partial charge < -0.3 is 15.0 Å². The molecule has 0 saturated carbocycles. The zero-order chi connectivity index (χ0) is 24.6. The summed E-state index contributed by atoms with van der Waals surface area (Å²) in [7, 11) is -1.24. The molecular weight excluding hydrogens is 450 g/mol. The summed E-state index contributed by atoms with van der Waals surface area (Å²) >= 11 is 0. The highest BCUT2D eigenvalue weighted by Gasteiger charge is 2.26. The van der Waals surface area contributed by atoms with Crippen LogP contribution < -0.4 is 10.2 Å². The first-order valence-corrected chi connectivity index (χ1v) is 13.4. The van der Waals surface area contributed by atoms with E-state index < -0.39 is 9.84 Å². The highest BCUT2D eigenvalue weighted by molar-refractivity contribution is 7.90. The Morgan fingerprint density at radius 2 is 2.00 bits per heavy atom. The van der Waals surface area contributed by atoms with Crippen molar-refractivity contribution in [2.45, 2.75) is 38.6 Å². The lowest BCUT2D eigenvalue weighted by atomic mass is 9.97. The zero-order valence-electron chi connectivity index (χ0n) is 20.7. The molecule has 1 fully saturated rings. The topological polar surface area (TPSA) is 97.3 Å². The molecule has 1 aliphatic rings. The van der Waals surface area contributed by atoms with E-state index in [9.17, 15) is 8.42 Å². The molecule has 1 saturated heterocycles. The Morgan fingerprint density at radius 3 is 2.68 bits per heavy atom. The van der Waals surface area contributed by atoms with Gasteiger partial charge in [-0.2, -0.15) is 5.10 Å². The van der Waals surface area contributed by atoms with E-state index in [-0.39, 0.29) is 6.04 Å². The molecule has 0 unspecified atom stereocenters. The fraction of sp³-hybridized carbons (Fsp3) is 0.480. The second-order valence-corrected chi connectivity index (χ2v) is 11.5. The average molecular weight is 484 g/mol. The summed E-state index contributed by atoms with van der Waals surface area (Å²) in [4.78, 5) is 7.26. The van der Waals surface area contributed by atoms with Gasteiger partial charge in [-0.1, -0.05) is 19.1 Å². The number of aromatic nitrogens is 3. The largest absolute Gasteiger partial charge is 0.381 e. The first-order chi connectivity index (χ1) is 16.1. The summed E-state index contributed by atoms with van der Waals surface area (Å²) in [5.74, 6) is 1.64. The highest BCUT2D eigenvalue weighted by atomic mass is 32.2. The summed E-state index contributed by atoms with van der Waals surface area (Å²) in [6.45, 7) is 10.5. The number of hydrogen-bond acceptors (Lipinski definition) is 8. The maximum Gasteiger partial charge on any atom is 0.175 e. The molecule has 3 aromatic rings. The standard InChI is InChI=1S/C25H33N5O3S/c1-15-13-33-14-19(15)12-30(5)20-10-22-24(26-11-20)18(4)28-29-25(22)27-17(3)21-8-7-9-23(16(21)2)34(6,31)32/h7-11,15,17,19H,12-14H2,1-6H3,(H,27,29)/t15-,17+,19+/m0/s1. The van der Waals surface area contributed by atoms with Crippen molar-refractivity contribution in [1.82, 2.24) is 15.2 Å². The summed E-state index contributed by atoms with van der Waals surface area (Å²) in [6.07, 6.45) is 3.11. The smallest absolute Gasteiger partial charge is 0.175 e. The van der Waals surface area contributed by atoms with Gasteiger partial charge in [-0.3, -0.25) is 4.98 Å². The number of fused-ring (bicyclic) bond motifs is 1. The van der Waals surface area contributed by atoms with E-state index in [0.717, 1.165) is 53.2 Å². The third kappa shape index (κ3) is 4.86. The zero-order valence-corrected chi connectivity index (χ0v) is 21.5. The third-order valence-corrected chi connectivity index (χ3v) is 8.02. The molecule has 4 rings (SSSR count). The van der Waals surface area contributed by atoms with Gasteiger partial charge in [0.25, 0.3) is 0 Å². The van der Waals surface area contributed by atoms with Crippen molar-refractivity contribution in [2.75, 3.05) is 43.3 Å². The second-order valence-electron chi connectivity index (χ2n) is 9.49. The number of hydrogen-bond donors (Lipinski definition) is 1. The monoisotopic (exact) mass is 483 g/mol. The minimum Gasteiger partial charge on any atom is -0.381 e. The average Bonchev–Trinajstić information content (AvgIpc) is 3.19. The Labute approximate surface area is 201 Å². The number of nitrogens with one attached hydrogen (secondary N) is 1. The van der Waals surface area contributed by atoms with Crippen molar-refractivity contribution in [3.05, 3.63) is 47.3 Å². The van der Waals surface area contributed by atoms with E-state index in [4.69, 9.17) is 9.72 Å². The van der Waals surface area contributed by atoms with Crippen LogP contribution in [-0.4, -0.2) is 56.7 Å². The maximum atomic E-state index is 12.2. The number of benzene rings is 1. The Bertz CT molecular complexity index is 1310. The predicted molar refractivity (Wildman–Crippen MR) is 135 cm³/mol. The van der Waals surface area contributed by atoms with E-state index in [1.165, 1.54) is 6.26 Å². The molecule has 3 atom stereocenters. The van der Waals surface area contributed by atoms with Crippen LogP contribution in [0.25, 0.3) is 10.9 Å². The van der Waals surface area contributed by atoms with Crippen molar-refractivity contribution in [1.29, 1.82) is 0 Å². The molecule has 9 heteroatoms. The number of aryl methyl sites for hydroxylation is 1. The van der Waals surface area contributed by atoms with E-state index in [0.29, 0.717) is 22.5 Å². The Kier molecular flexibility index (Phi) is 6.78. The van der Waals surface area contributed by atoms with E-state index in [1.54, 1.807) is 12.1 Å². The number of ether oxygens (including phenoxy) is 1. The Balaban J connectivity index is 1.66. The number of pyridine rings is 1. The first-order valence-electron chi connectivity index (χ1n) is 11.5. The second kappa shape index (κ2) is 9.46. The summed E-state index contributed by atoms with van der Waals surface area (Å²) in [5, 5.41) is 13.1. The van der Waals surface area contributed by atoms with Gasteiger partial charge in [0, 0.05) is 37.8 Å². The van der Waals surface area contributed by atoms with Crippen molar-refractivity contribution in [3.8, 4) is 0 Å². The van der Waals surface area contributed by atoms with Gasteiger partial charge in [0.2, 0.25) is 0 Å². The Morgan fingerprint density at radius 1 is 1.24 bits per heavy atom. The van der Waals surface area contributed by atoms with Gasteiger partial charge in [-0.25, -0.2) is 8.42 Å². The molecule has 0 radical (unpaired) electrons. The maximum absolute atomic E-state index is 12.2. The van der Waals surface area contributed by atoms with Crippen LogP contribution in [0.1, 0.15) is 36.7 Å². The van der Waals surface area contributed by atoms with Crippen LogP contribution in [-0.2, 0) is 14.6 Å². The van der Waals surface area contributed by atoms with Crippen molar-refractivity contribution in [3.63, 3.8) is 0 Å². The lowest BCUT2D eigenvalue weighted by Crippen LogP contribution is -2.28. The summed E-state index contributed by atoms with van der Waals surface area (Å²) < 4.78 is 30.0. The molecular formula is C25H33N5O3S. The normalized spacial score (nSPS) is 19.4. The van der Waals surface area contributed by atoms with Crippen molar-refractivity contribution >= 4 is 32.2 Å². The molecule has 0 aliphatic carbocycles. The molecule has 0 bridgehead atoms. The number of nitrogens with zero attached hydrogens (tertiary/aromatic N) is 4. The van der Waals surface area contributed by atoms with Gasteiger partial charge >= 0.3 is 0 Å². The van der Waals surface area contributed by atoms with E-state index >= 15 is 0 Å². The number of sulfone groups is 1. The van der Waals surface area contributed by atoms with Crippen LogP contribution in [0.15, 0.2) is 35.4 Å². The fourth-order valence-electron chi connectivity index (χ4n) is 4.64. The molecule has 0 amide bonds. The van der Waals surface area contributed by atoms with Crippen LogP contribution in [0.2, 0.25) is 0 Å². The number of rotatable bonds is 7. The van der Waals surface area contributed by atoms with Crippen LogP contribution in [0.3, 0.4) is 0 Å². The van der Waals surface area contributed by atoms with Gasteiger partial charge in [0.15, 0.2) is 15.7 Å². The quantitative estimate of drug-likeness (QED) is 0.540. The lowest BCUT2D eigenvalue weighted by molar-refractivity contribution is 0.182. The Hall–Kier alpha value is -2.78. The van der Waals surface area contributed by atoms with E-state index in [1.807, 2.05) is 33.0 Å². The predicted octanol–water partition coefficient (Wildman–Crippen LogP) is 3.94. The molecule has 3 heterocycles. The first kappa shape index (κ1) is 24.3. The van der Waals surface area contributed by atoms with Crippen LogP contribution in [0, 0.1) is 25.7 Å². The van der Waals surface area contributed by atoms with Gasteiger partial charge in [0.1, 0.15) is 0 Å². The van der Waals surface area contributed by atoms with Crippen LogP contribution in [0.5, 0.6) is 0 Å². The molecule has 8 nitrogen and oxygen atoms in total. The SMILES string of the molecule is Cc1c([C@@H](C)Nc2nnc(C)c3ncc(N(C)C[C@@H]4COC[C@@H]4C)cc23)cccc1S(C)(=O)=O. The van der Waals surface area contributed by atoms with E-state index in [2.05, 4.69) is 40.5 Å². The van der Waals surface area contributed by atoms with Gasteiger partial charge in [-0.05, 0) is 49.9 Å². The lowest BCUT2D eigenvalue weighted by Gasteiger charge is -2.25. The molecule has 1 aromatic carbocycles. The molecule has 182 valence electrons. The van der Waals surface area contributed by atoms with Crippen LogP contribution >= 0.6 is 0 Å². The molecule has 2 aromatic heterocycles. The highest BCUT2D eigenvalue weighted by Crippen LogP contribution is 2.31. The minimum atomic E-state index is -3.31. The van der Waals surface area contributed by atoms with Gasteiger partial charge in [-0.15, -0.1) is 5.10 Å². The molecule has 34 heavy (non-hydrogen) atoms.